The lowest BCUT2D eigenvalue weighted by Crippen LogP contribution is -2.42. The maximum absolute atomic E-state index is 12.4. The summed E-state index contributed by atoms with van der Waals surface area (Å²) in [5.74, 6) is 0.563. The van der Waals surface area contributed by atoms with Crippen LogP contribution in [0.2, 0.25) is 0 Å². The Morgan fingerprint density at radius 1 is 1.03 bits per heavy atom. The molecule has 7 heteroatoms. The molecule has 0 saturated carbocycles. The maximum atomic E-state index is 12.4. The molecule has 0 radical (unpaired) electrons. The number of aliphatic hydroxyl groups excluding tert-OH is 1. The number of amides is 1. The van der Waals surface area contributed by atoms with E-state index >= 15 is 0 Å². The Kier molecular flexibility index (Phi) is 8.12. The lowest BCUT2D eigenvalue weighted by atomic mass is 10.00. The Morgan fingerprint density at radius 2 is 1.78 bits per heavy atom. The molecule has 1 saturated heterocycles. The Hall–Kier alpha value is -2.45. The van der Waals surface area contributed by atoms with E-state index in [2.05, 4.69) is 39.4 Å². The summed E-state index contributed by atoms with van der Waals surface area (Å²) in [6.07, 6.45) is 0.392. The van der Waals surface area contributed by atoms with Crippen LogP contribution in [0.1, 0.15) is 21.5 Å². The number of β-amino-alcohol motifs (C(OH)–C–C–N with tert-alkyl or cyclic N) is 1. The Labute approximate surface area is 189 Å². The fraction of sp³-hybridized carbons (Fsp3) is 0.480. The third kappa shape index (κ3) is 6.53. The van der Waals surface area contributed by atoms with Gasteiger partial charge in [0.15, 0.2) is 0 Å². The van der Waals surface area contributed by atoms with Gasteiger partial charge in [0.1, 0.15) is 12.4 Å². The third-order valence-corrected chi connectivity index (χ3v) is 6.07. The van der Waals surface area contributed by atoms with Gasteiger partial charge in [-0.1, -0.05) is 24.3 Å². The molecule has 7 nitrogen and oxygen atoms in total. The van der Waals surface area contributed by atoms with Crippen LogP contribution in [0.5, 0.6) is 5.75 Å². The molecule has 2 aliphatic rings. The number of fused-ring (bicyclic) bond motifs is 1. The normalized spacial score (nSPS) is 18.0. The highest BCUT2D eigenvalue weighted by Crippen LogP contribution is 2.18. The number of hydrogen-bond acceptors (Lipinski definition) is 6. The first kappa shape index (κ1) is 22.7. The van der Waals surface area contributed by atoms with Crippen molar-refractivity contribution < 1.29 is 19.4 Å². The van der Waals surface area contributed by atoms with Gasteiger partial charge >= 0.3 is 0 Å². The van der Waals surface area contributed by atoms with E-state index in [4.69, 9.17) is 9.47 Å². The zero-order valence-corrected chi connectivity index (χ0v) is 18.5. The van der Waals surface area contributed by atoms with Crippen LogP contribution in [0.15, 0.2) is 48.5 Å². The summed E-state index contributed by atoms with van der Waals surface area (Å²) in [5, 5.41) is 13.2. The monoisotopic (exact) mass is 439 g/mol. The van der Waals surface area contributed by atoms with Crippen LogP contribution in [-0.2, 0) is 17.7 Å². The smallest absolute Gasteiger partial charge is 0.251 e. The molecule has 4 rings (SSSR count). The molecule has 32 heavy (non-hydrogen) atoms. The minimum Gasteiger partial charge on any atom is -0.492 e. The van der Waals surface area contributed by atoms with E-state index in [0.717, 1.165) is 58.1 Å². The van der Waals surface area contributed by atoms with Crippen molar-refractivity contribution >= 4 is 5.91 Å². The molecule has 2 N–H and O–H groups in total. The molecule has 2 aliphatic heterocycles. The summed E-state index contributed by atoms with van der Waals surface area (Å²) >= 11 is 0. The molecule has 1 fully saturated rings. The largest absolute Gasteiger partial charge is 0.492 e. The zero-order valence-electron chi connectivity index (χ0n) is 18.5. The number of benzene rings is 2. The van der Waals surface area contributed by atoms with Gasteiger partial charge in [0.2, 0.25) is 0 Å². The second-order valence-corrected chi connectivity index (χ2v) is 8.44. The topological polar surface area (TPSA) is 74.3 Å². The van der Waals surface area contributed by atoms with Gasteiger partial charge in [0.05, 0.1) is 19.3 Å². The second kappa shape index (κ2) is 11.4. The minimum atomic E-state index is -0.605. The highest BCUT2D eigenvalue weighted by Gasteiger charge is 2.19. The van der Waals surface area contributed by atoms with E-state index in [-0.39, 0.29) is 12.5 Å². The van der Waals surface area contributed by atoms with Crippen molar-refractivity contribution in [2.75, 3.05) is 59.1 Å². The fourth-order valence-corrected chi connectivity index (χ4v) is 4.21. The third-order valence-electron chi connectivity index (χ3n) is 6.07. The van der Waals surface area contributed by atoms with Gasteiger partial charge < -0.3 is 19.9 Å². The number of aliphatic hydroxyl groups is 1. The molecule has 0 aliphatic carbocycles. The number of nitrogens with one attached hydrogen (secondary N) is 1. The van der Waals surface area contributed by atoms with Crippen molar-refractivity contribution in [3.05, 3.63) is 65.2 Å². The molecule has 2 heterocycles. The van der Waals surface area contributed by atoms with Crippen molar-refractivity contribution in [1.29, 1.82) is 0 Å². The van der Waals surface area contributed by atoms with E-state index in [1.165, 1.54) is 11.1 Å². The van der Waals surface area contributed by atoms with Gasteiger partial charge in [0, 0.05) is 51.4 Å². The molecular weight excluding hydrogens is 406 g/mol. The molecular formula is C25H33N3O4. The molecule has 1 atom stereocenters. The van der Waals surface area contributed by atoms with E-state index < -0.39 is 6.10 Å². The first-order valence-corrected chi connectivity index (χ1v) is 11.5. The first-order valence-electron chi connectivity index (χ1n) is 11.5. The van der Waals surface area contributed by atoms with Gasteiger partial charge in [-0.25, -0.2) is 0 Å². The van der Waals surface area contributed by atoms with E-state index in [1.807, 2.05) is 12.1 Å². The molecule has 1 amide bonds. The highest BCUT2D eigenvalue weighted by molar-refractivity contribution is 5.94. The van der Waals surface area contributed by atoms with E-state index in [1.54, 1.807) is 12.1 Å². The SMILES string of the molecule is O=C(NC[C@H](O)CN1CCc2ccccc2C1)c1ccc(OCCN2CCOCC2)cc1. The van der Waals surface area contributed by atoms with Crippen molar-refractivity contribution in [1.82, 2.24) is 15.1 Å². The highest BCUT2D eigenvalue weighted by atomic mass is 16.5. The molecule has 0 aromatic heterocycles. The number of morpholine rings is 1. The van der Waals surface area contributed by atoms with Crippen molar-refractivity contribution in [2.24, 2.45) is 0 Å². The van der Waals surface area contributed by atoms with Crippen LogP contribution in [0, 0.1) is 0 Å². The number of carbonyl (C=O) groups is 1. The number of rotatable bonds is 9. The van der Waals surface area contributed by atoms with Gasteiger partial charge in [-0.3, -0.25) is 14.6 Å². The number of hydrogen-bond donors (Lipinski definition) is 2. The zero-order chi connectivity index (χ0) is 22.2. The summed E-state index contributed by atoms with van der Waals surface area (Å²) in [4.78, 5) is 17.0. The van der Waals surface area contributed by atoms with Crippen LogP contribution in [0.25, 0.3) is 0 Å². The van der Waals surface area contributed by atoms with Crippen LogP contribution >= 0.6 is 0 Å². The summed E-state index contributed by atoms with van der Waals surface area (Å²) in [7, 11) is 0. The Morgan fingerprint density at radius 3 is 2.56 bits per heavy atom. The molecule has 2 aromatic carbocycles. The maximum Gasteiger partial charge on any atom is 0.251 e. The summed E-state index contributed by atoms with van der Waals surface area (Å²) in [6, 6.07) is 15.6. The van der Waals surface area contributed by atoms with Crippen molar-refractivity contribution in [3.8, 4) is 5.75 Å². The second-order valence-electron chi connectivity index (χ2n) is 8.44. The van der Waals surface area contributed by atoms with Gasteiger partial charge in [-0.05, 0) is 41.8 Å². The van der Waals surface area contributed by atoms with Gasteiger partial charge in [0.25, 0.3) is 5.91 Å². The average Bonchev–Trinajstić information content (AvgIpc) is 2.83. The number of ether oxygens (including phenoxy) is 2. The molecule has 0 bridgehead atoms. The lowest BCUT2D eigenvalue weighted by molar-refractivity contribution is 0.0322. The summed E-state index contributed by atoms with van der Waals surface area (Å²) in [5.41, 5.74) is 3.27. The standard InChI is InChI=1S/C25H33N3O4/c29-23(19-28-10-9-20-3-1-2-4-22(20)18-28)17-26-25(30)21-5-7-24(8-6-21)32-16-13-27-11-14-31-15-12-27/h1-8,23,29H,9-19H2,(H,26,30)/t23-/m0/s1. The first-order chi connectivity index (χ1) is 15.7. The molecule has 0 spiro atoms. The number of carbonyl (C=O) groups excluding carboxylic acids is 1. The van der Waals surface area contributed by atoms with E-state index in [0.29, 0.717) is 18.7 Å². The Balaban J connectivity index is 1.16. The van der Waals surface area contributed by atoms with Gasteiger partial charge in [-0.2, -0.15) is 0 Å². The van der Waals surface area contributed by atoms with Crippen LogP contribution < -0.4 is 10.1 Å². The predicted octanol–water partition coefficient (Wildman–Crippen LogP) is 1.55. The minimum absolute atomic E-state index is 0.187. The predicted molar refractivity (Wildman–Crippen MR) is 123 cm³/mol. The number of nitrogens with zero attached hydrogens (tertiary/aromatic N) is 2. The van der Waals surface area contributed by atoms with Gasteiger partial charge in [-0.15, -0.1) is 0 Å². The summed E-state index contributed by atoms with van der Waals surface area (Å²) < 4.78 is 11.1. The van der Waals surface area contributed by atoms with Crippen molar-refractivity contribution in [3.63, 3.8) is 0 Å². The molecule has 2 aromatic rings. The summed E-state index contributed by atoms with van der Waals surface area (Å²) in [6.45, 7) is 7.47. The lowest BCUT2D eigenvalue weighted by Gasteiger charge is -2.30. The molecule has 172 valence electrons. The van der Waals surface area contributed by atoms with Crippen LogP contribution in [0.3, 0.4) is 0 Å². The fourth-order valence-electron chi connectivity index (χ4n) is 4.21. The van der Waals surface area contributed by atoms with E-state index in [9.17, 15) is 9.90 Å². The van der Waals surface area contributed by atoms with Crippen molar-refractivity contribution in [2.45, 2.75) is 19.1 Å². The quantitative estimate of drug-likeness (QED) is 0.618. The average molecular weight is 440 g/mol. The Bertz CT molecular complexity index is 868. The van der Waals surface area contributed by atoms with Crippen LogP contribution in [0.4, 0.5) is 0 Å². The van der Waals surface area contributed by atoms with Crippen LogP contribution in [-0.4, -0.2) is 86.0 Å². The molecule has 0 unspecified atom stereocenters.